The monoisotopic (exact) mass is 422 g/mol. The zero-order valence-corrected chi connectivity index (χ0v) is 16.9. The maximum absolute atomic E-state index is 10.4. The number of fused-ring (bicyclic) bond motifs is 3. The van der Waals surface area contributed by atoms with E-state index in [-0.39, 0.29) is 17.5 Å². The Labute approximate surface area is 178 Å². The lowest BCUT2D eigenvalue weighted by Crippen LogP contribution is -2.33. The molecular weight excluding hydrogens is 404 g/mol. The van der Waals surface area contributed by atoms with Gasteiger partial charge >= 0.3 is 0 Å². The molecule has 152 valence electrons. The summed E-state index contributed by atoms with van der Waals surface area (Å²) in [5.74, 6) is 1.63. The number of aromatic hydroxyl groups is 2. The quantitative estimate of drug-likeness (QED) is 0.621. The number of phenolic OH excluding ortho intramolecular Hbond substituents is 2. The Morgan fingerprint density at radius 3 is 2.67 bits per heavy atom. The predicted octanol–water partition coefficient (Wildman–Crippen LogP) is 5.00. The molecule has 0 amide bonds. The second-order valence-electron chi connectivity index (χ2n) is 7.25. The van der Waals surface area contributed by atoms with E-state index in [2.05, 4.69) is 0 Å². The number of hydrogen-bond donors (Lipinski definition) is 2. The normalized spacial score (nSPS) is 19.5. The summed E-state index contributed by atoms with van der Waals surface area (Å²) in [7, 11) is 1.61. The maximum Gasteiger partial charge on any atom is 0.214 e. The Bertz CT molecular complexity index is 1150. The van der Waals surface area contributed by atoms with Crippen molar-refractivity contribution in [3.05, 3.63) is 82.4 Å². The minimum atomic E-state index is -0.516. The minimum Gasteiger partial charge on any atom is -0.508 e. The van der Waals surface area contributed by atoms with Crippen molar-refractivity contribution >= 4 is 17.3 Å². The van der Waals surface area contributed by atoms with Crippen molar-refractivity contribution in [2.24, 2.45) is 5.10 Å². The maximum atomic E-state index is 10.4. The Kier molecular flexibility index (Phi) is 4.44. The van der Waals surface area contributed by atoms with Crippen molar-refractivity contribution in [2.45, 2.75) is 18.7 Å². The van der Waals surface area contributed by atoms with Gasteiger partial charge in [0.2, 0.25) is 6.23 Å². The van der Waals surface area contributed by atoms with Gasteiger partial charge in [-0.25, -0.2) is 5.01 Å². The highest BCUT2D eigenvalue weighted by Gasteiger charge is 2.42. The van der Waals surface area contributed by atoms with Crippen LogP contribution in [0.1, 0.15) is 35.4 Å². The van der Waals surface area contributed by atoms with Crippen LogP contribution in [0, 0.1) is 0 Å². The number of hydrogen-bond acceptors (Lipinski definition) is 6. The second kappa shape index (κ2) is 7.15. The van der Waals surface area contributed by atoms with Crippen LogP contribution in [-0.2, 0) is 0 Å². The SMILES string of the molecule is COc1cccc2c1O[C@@H](c1ccc(O)cc1)N1N=C(c3cc(Cl)ccc3O)C[C@@H]21. The zero-order valence-electron chi connectivity index (χ0n) is 16.1. The predicted molar refractivity (Wildman–Crippen MR) is 113 cm³/mol. The van der Waals surface area contributed by atoms with Crippen molar-refractivity contribution < 1.29 is 19.7 Å². The minimum absolute atomic E-state index is 0.101. The lowest BCUT2D eigenvalue weighted by Gasteiger charge is -2.38. The average Bonchev–Trinajstić information content (AvgIpc) is 3.20. The summed E-state index contributed by atoms with van der Waals surface area (Å²) in [4.78, 5) is 0. The van der Waals surface area contributed by atoms with Gasteiger partial charge in [0, 0.05) is 28.1 Å². The molecule has 30 heavy (non-hydrogen) atoms. The van der Waals surface area contributed by atoms with Crippen LogP contribution >= 0.6 is 11.6 Å². The van der Waals surface area contributed by atoms with E-state index in [1.807, 2.05) is 35.3 Å². The fourth-order valence-electron chi connectivity index (χ4n) is 4.01. The lowest BCUT2D eigenvalue weighted by molar-refractivity contribution is -0.0209. The van der Waals surface area contributed by atoms with E-state index >= 15 is 0 Å². The first-order chi connectivity index (χ1) is 14.5. The van der Waals surface area contributed by atoms with E-state index in [0.29, 0.717) is 28.5 Å². The van der Waals surface area contributed by atoms with Gasteiger partial charge < -0.3 is 19.7 Å². The standard InChI is InChI=1S/C23H19ClN2O4/c1-29-21-4-2-3-16-19-12-18(17-11-14(24)7-10-20(17)28)25-26(19)23(30-22(16)21)13-5-8-15(27)9-6-13/h2-11,19,23,27-28H,12H2,1H3/t19-,23-/m0/s1. The van der Waals surface area contributed by atoms with Crippen molar-refractivity contribution in [2.75, 3.05) is 7.11 Å². The first-order valence-corrected chi connectivity index (χ1v) is 9.90. The number of hydrazone groups is 1. The zero-order chi connectivity index (χ0) is 20.8. The van der Waals surface area contributed by atoms with E-state index < -0.39 is 6.23 Å². The van der Waals surface area contributed by atoms with Crippen molar-refractivity contribution in [3.63, 3.8) is 0 Å². The van der Waals surface area contributed by atoms with Gasteiger partial charge in [0.25, 0.3) is 0 Å². The fourth-order valence-corrected chi connectivity index (χ4v) is 4.18. The van der Waals surface area contributed by atoms with E-state index in [4.69, 9.17) is 26.2 Å². The van der Waals surface area contributed by atoms with Gasteiger partial charge in [0.15, 0.2) is 11.5 Å². The highest BCUT2D eigenvalue weighted by atomic mass is 35.5. The Hall–Kier alpha value is -3.38. The highest BCUT2D eigenvalue weighted by Crippen LogP contribution is 2.51. The third kappa shape index (κ3) is 3.00. The van der Waals surface area contributed by atoms with Gasteiger partial charge in [-0.15, -0.1) is 0 Å². The van der Waals surface area contributed by atoms with Crippen LogP contribution in [0.25, 0.3) is 0 Å². The van der Waals surface area contributed by atoms with Crippen LogP contribution in [-0.4, -0.2) is 28.0 Å². The first-order valence-electron chi connectivity index (χ1n) is 9.52. The van der Waals surface area contributed by atoms with E-state index in [0.717, 1.165) is 16.8 Å². The summed E-state index contributed by atoms with van der Waals surface area (Å²) in [5, 5.41) is 27.3. The number of rotatable bonds is 3. The van der Waals surface area contributed by atoms with Crippen LogP contribution in [0.4, 0.5) is 0 Å². The third-order valence-electron chi connectivity index (χ3n) is 5.45. The number of halogens is 1. The molecule has 2 N–H and O–H groups in total. The first kappa shape index (κ1) is 18.6. The molecule has 0 aromatic heterocycles. The molecule has 0 aliphatic carbocycles. The molecule has 0 saturated carbocycles. The largest absolute Gasteiger partial charge is 0.508 e. The average molecular weight is 423 g/mol. The molecule has 2 aliphatic rings. The molecule has 7 heteroatoms. The van der Waals surface area contributed by atoms with Gasteiger partial charge in [-0.3, -0.25) is 0 Å². The molecule has 0 saturated heterocycles. The smallest absolute Gasteiger partial charge is 0.214 e. The van der Waals surface area contributed by atoms with Crippen LogP contribution in [0.2, 0.25) is 5.02 Å². The molecule has 3 aromatic carbocycles. The Morgan fingerprint density at radius 2 is 1.90 bits per heavy atom. The number of ether oxygens (including phenoxy) is 2. The number of benzene rings is 3. The van der Waals surface area contributed by atoms with Crippen LogP contribution in [0.5, 0.6) is 23.0 Å². The van der Waals surface area contributed by atoms with Gasteiger partial charge in [0.05, 0.1) is 18.9 Å². The lowest BCUT2D eigenvalue weighted by atomic mass is 9.95. The molecule has 5 rings (SSSR count). The molecular formula is C23H19ClN2O4. The summed E-state index contributed by atoms with van der Waals surface area (Å²) in [6.07, 6.45) is 0.0599. The molecule has 0 radical (unpaired) electrons. The summed E-state index contributed by atoms with van der Waals surface area (Å²) in [5.41, 5.74) is 3.13. The highest BCUT2D eigenvalue weighted by molar-refractivity contribution is 6.31. The summed E-state index contributed by atoms with van der Waals surface area (Å²) < 4.78 is 11.9. The molecule has 0 spiro atoms. The van der Waals surface area contributed by atoms with Crippen molar-refractivity contribution in [1.82, 2.24) is 5.01 Å². The van der Waals surface area contributed by atoms with Crippen molar-refractivity contribution in [3.8, 4) is 23.0 Å². The molecule has 0 bridgehead atoms. The summed E-state index contributed by atoms with van der Waals surface area (Å²) in [6, 6.07) is 17.5. The number of methoxy groups -OCH3 is 1. The third-order valence-corrected chi connectivity index (χ3v) is 5.68. The summed E-state index contributed by atoms with van der Waals surface area (Å²) >= 11 is 6.16. The van der Waals surface area contributed by atoms with Crippen LogP contribution < -0.4 is 9.47 Å². The van der Waals surface area contributed by atoms with E-state index in [1.54, 1.807) is 37.4 Å². The van der Waals surface area contributed by atoms with Crippen LogP contribution in [0.3, 0.4) is 0 Å². The summed E-state index contributed by atoms with van der Waals surface area (Å²) in [6.45, 7) is 0. The van der Waals surface area contributed by atoms with E-state index in [1.165, 1.54) is 0 Å². The fraction of sp³-hybridized carbons (Fsp3) is 0.174. The van der Waals surface area contributed by atoms with Crippen LogP contribution in [0.15, 0.2) is 65.8 Å². The Balaban J connectivity index is 1.64. The number of phenols is 2. The molecule has 2 atom stereocenters. The molecule has 2 heterocycles. The van der Waals surface area contributed by atoms with Crippen molar-refractivity contribution in [1.29, 1.82) is 0 Å². The van der Waals surface area contributed by atoms with Gasteiger partial charge in [-0.05, 0) is 48.5 Å². The number of para-hydroxylation sites is 1. The molecule has 2 aliphatic heterocycles. The second-order valence-corrected chi connectivity index (χ2v) is 7.68. The van der Waals surface area contributed by atoms with Gasteiger partial charge in [0.1, 0.15) is 11.5 Å². The van der Waals surface area contributed by atoms with Gasteiger partial charge in [-0.1, -0.05) is 23.7 Å². The molecule has 6 nitrogen and oxygen atoms in total. The molecule has 3 aromatic rings. The van der Waals surface area contributed by atoms with Gasteiger partial charge in [-0.2, -0.15) is 5.10 Å². The molecule has 0 fully saturated rings. The number of nitrogens with zero attached hydrogens (tertiary/aromatic N) is 2. The molecule has 0 unspecified atom stereocenters. The Morgan fingerprint density at radius 1 is 1.10 bits per heavy atom. The topological polar surface area (TPSA) is 74.5 Å². The van der Waals surface area contributed by atoms with E-state index in [9.17, 15) is 10.2 Å².